The Morgan fingerprint density at radius 1 is 0.447 bits per heavy atom. The molecule has 0 bridgehead atoms. The van der Waals surface area contributed by atoms with E-state index < -0.39 is 12.1 Å². The van der Waals surface area contributed by atoms with E-state index in [1.165, 1.54) is 116 Å². The lowest BCUT2D eigenvalue weighted by atomic mass is 10.1. The van der Waals surface area contributed by atoms with Gasteiger partial charge in [0.05, 0.1) is 41.3 Å². The fourth-order valence-corrected chi connectivity index (χ4v) is 6.65. The molecule has 2 unspecified atom stereocenters. The number of nitrogens with one attached hydrogen (secondary N) is 2. The Hall–Kier alpha value is -1.22. The molecule has 0 aliphatic rings. The minimum Gasteiger partial charge on any atom is -0.390 e. The van der Waals surface area contributed by atoms with Crippen LogP contribution in [0.2, 0.25) is 0 Å². The van der Waals surface area contributed by atoms with Gasteiger partial charge in [0.25, 0.3) is 11.8 Å². The van der Waals surface area contributed by atoms with Gasteiger partial charge in [0, 0.05) is 13.1 Å². The first-order chi connectivity index (χ1) is 22.6. The highest BCUT2D eigenvalue weighted by Crippen LogP contribution is 2.16. The largest absolute Gasteiger partial charge is 0.390 e. The second kappa shape index (κ2) is 29.7. The Morgan fingerprint density at radius 2 is 0.702 bits per heavy atom. The minimum absolute atomic E-state index is 0.0777. The summed E-state index contributed by atoms with van der Waals surface area (Å²) in [4.78, 5) is 25.8. The molecule has 0 aromatic carbocycles. The number of unbranched alkanes of at least 4 members (excludes halogenated alkanes) is 20. The average Bonchev–Trinajstić information content (AvgIpc) is 3.02. The predicted molar refractivity (Wildman–Crippen MR) is 199 cm³/mol. The van der Waals surface area contributed by atoms with Gasteiger partial charge in [0.1, 0.15) is 13.2 Å². The summed E-state index contributed by atoms with van der Waals surface area (Å²) in [6.07, 6.45) is 28.3. The SMILES string of the molecule is CCCCCCCCCCCC[N+](C)(C)C(CO)C(=O)NCCCCCNC(=O)C(CO)[N+](C)(C)CCCCCCCCCCCC. The maximum absolute atomic E-state index is 12.9. The molecule has 0 heterocycles. The molecule has 8 nitrogen and oxygen atoms in total. The Labute approximate surface area is 292 Å². The number of nitrogens with zero attached hydrogens (tertiary/aromatic N) is 2. The molecule has 0 saturated carbocycles. The van der Waals surface area contributed by atoms with E-state index in [9.17, 15) is 19.8 Å². The zero-order valence-electron chi connectivity index (χ0n) is 32.3. The lowest BCUT2D eigenvalue weighted by Gasteiger charge is -2.36. The summed E-state index contributed by atoms with van der Waals surface area (Å²) in [6, 6.07) is -0.907. The lowest BCUT2D eigenvalue weighted by Crippen LogP contribution is -2.58. The number of hydrogen-bond donors (Lipinski definition) is 4. The summed E-state index contributed by atoms with van der Waals surface area (Å²) >= 11 is 0. The van der Waals surface area contributed by atoms with Crippen LogP contribution >= 0.6 is 0 Å². The van der Waals surface area contributed by atoms with Crippen molar-refractivity contribution >= 4 is 11.8 Å². The predicted octanol–water partition coefficient (Wildman–Crippen LogP) is 7.11. The van der Waals surface area contributed by atoms with E-state index in [2.05, 4.69) is 24.5 Å². The summed E-state index contributed by atoms with van der Waals surface area (Å²) in [7, 11) is 8.20. The topological polar surface area (TPSA) is 98.7 Å². The van der Waals surface area contributed by atoms with Crippen molar-refractivity contribution in [1.29, 1.82) is 0 Å². The van der Waals surface area contributed by atoms with Crippen LogP contribution < -0.4 is 10.6 Å². The van der Waals surface area contributed by atoms with Gasteiger partial charge < -0.3 is 29.8 Å². The van der Waals surface area contributed by atoms with Crippen molar-refractivity contribution in [3.05, 3.63) is 0 Å². The van der Waals surface area contributed by atoms with Crippen LogP contribution in [0.15, 0.2) is 0 Å². The van der Waals surface area contributed by atoms with Crippen LogP contribution in [-0.2, 0) is 9.59 Å². The van der Waals surface area contributed by atoms with Gasteiger partial charge in [-0.3, -0.25) is 9.59 Å². The molecule has 2 atom stereocenters. The Balaban J connectivity index is 4.13. The van der Waals surface area contributed by atoms with E-state index in [0.717, 1.165) is 45.2 Å². The first-order valence-electron chi connectivity index (χ1n) is 20.0. The van der Waals surface area contributed by atoms with E-state index in [0.29, 0.717) is 22.1 Å². The van der Waals surface area contributed by atoms with Crippen LogP contribution in [0.25, 0.3) is 0 Å². The number of aliphatic hydroxyl groups is 2. The summed E-state index contributed by atoms with van der Waals surface area (Å²) in [5.74, 6) is -0.155. The van der Waals surface area contributed by atoms with E-state index in [1.54, 1.807) is 0 Å². The number of aliphatic hydroxyl groups excluding tert-OH is 2. The molecule has 0 aromatic heterocycles. The van der Waals surface area contributed by atoms with Crippen LogP contribution in [0.3, 0.4) is 0 Å². The van der Waals surface area contributed by atoms with E-state index >= 15 is 0 Å². The van der Waals surface area contributed by atoms with E-state index in [-0.39, 0.29) is 25.0 Å². The number of likely N-dealkylation sites (N-methyl/N-ethyl adjacent to an activating group) is 2. The average molecular weight is 671 g/mol. The number of hydrogen-bond acceptors (Lipinski definition) is 4. The fraction of sp³-hybridized carbons (Fsp3) is 0.949. The first-order valence-corrected chi connectivity index (χ1v) is 20.0. The van der Waals surface area contributed by atoms with Gasteiger partial charge in [0.2, 0.25) is 0 Å². The van der Waals surface area contributed by atoms with E-state index in [4.69, 9.17) is 0 Å². The number of carbonyl (C=O) groups is 2. The smallest absolute Gasteiger partial charge is 0.280 e. The summed E-state index contributed by atoms with van der Waals surface area (Å²) in [5, 5.41) is 26.1. The van der Waals surface area contributed by atoms with Gasteiger partial charge in [-0.15, -0.1) is 0 Å². The molecule has 8 heteroatoms. The standard InChI is InChI=1S/C39H80N4O4/c1-7-9-11-13-15-17-19-21-23-28-32-42(3,4)36(34-44)38(46)40-30-26-25-27-31-41-39(47)37(35-45)43(5,6)33-29-24-22-20-18-16-14-12-10-8-2/h36-37,44-45H,7-35H2,1-6H3/p+2. The van der Waals surface area contributed by atoms with Gasteiger partial charge in [0.15, 0.2) is 12.1 Å². The number of quaternary nitrogens is 2. The third-order valence-electron chi connectivity index (χ3n) is 10.3. The molecule has 47 heavy (non-hydrogen) atoms. The van der Waals surface area contributed by atoms with Crippen molar-refractivity contribution in [1.82, 2.24) is 10.6 Å². The number of rotatable bonds is 34. The van der Waals surface area contributed by atoms with Crippen molar-refractivity contribution in [3.8, 4) is 0 Å². The van der Waals surface area contributed by atoms with Crippen molar-refractivity contribution < 1.29 is 28.8 Å². The molecular weight excluding hydrogens is 588 g/mol. The van der Waals surface area contributed by atoms with Gasteiger partial charge in [-0.05, 0) is 44.9 Å². The highest BCUT2D eigenvalue weighted by atomic mass is 16.3. The minimum atomic E-state index is -0.454. The second-order valence-corrected chi connectivity index (χ2v) is 15.4. The Bertz CT molecular complexity index is 686. The van der Waals surface area contributed by atoms with Crippen LogP contribution in [0.1, 0.15) is 162 Å². The summed E-state index contributed by atoms with van der Waals surface area (Å²) < 4.78 is 1.01. The number of carbonyl (C=O) groups excluding carboxylic acids is 2. The monoisotopic (exact) mass is 671 g/mol. The highest BCUT2D eigenvalue weighted by molar-refractivity contribution is 5.81. The van der Waals surface area contributed by atoms with Crippen LogP contribution in [0.5, 0.6) is 0 Å². The molecule has 0 radical (unpaired) electrons. The second-order valence-electron chi connectivity index (χ2n) is 15.4. The summed E-state index contributed by atoms with van der Waals surface area (Å²) in [5.41, 5.74) is 0. The Kier molecular flexibility index (Phi) is 28.9. The van der Waals surface area contributed by atoms with Gasteiger partial charge in [-0.1, -0.05) is 117 Å². The van der Waals surface area contributed by atoms with Gasteiger partial charge in [-0.25, -0.2) is 0 Å². The van der Waals surface area contributed by atoms with Gasteiger partial charge >= 0.3 is 0 Å². The Morgan fingerprint density at radius 3 is 0.979 bits per heavy atom. The molecular formula is C39H82N4O4+2. The third-order valence-corrected chi connectivity index (χ3v) is 10.3. The van der Waals surface area contributed by atoms with Crippen molar-refractivity contribution in [2.24, 2.45) is 0 Å². The molecule has 280 valence electrons. The molecule has 2 amide bonds. The first kappa shape index (κ1) is 45.8. The molecule has 0 aromatic rings. The van der Waals surface area contributed by atoms with Gasteiger partial charge in [-0.2, -0.15) is 0 Å². The van der Waals surface area contributed by atoms with Crippen molar-refractivity contribution in [2.45, 2.75) is 174 Å². The maximum atomic E-state index is 12.9. The fourth-order valence-electron chi connectivity index (χ4n) is 6.65. The molecule has 0 aliphatic heterocycles. The van der Waals surface area contributed by atoms with Crippen LogP contribution in [0, 0.1) is 0 Å². The quantitative estimate of drug-likeness (QED) is 0.0434. The molecule has 0 fully saturated rings. The lowest BCUT2D eigenvalue weighted by molar-refractivity contribution is -0.906. The molecule has 4 N–H and O–H groups in total. The van der Waals surface area contributed by atoms with Crippen LogP contribution in [0.4, 0.5) is 0 Å². The molecule has 0 aliphatic carbocycles. The molecule has 0 spiro atoms. The zero-order chi connectivity index (χ0) is 35.2. The van der Waals surface area contributed by atoms with Crippen molar-refractivity contribution in [2.75, 3.05) is 67.6 Å². The van der Waals surface area contributed by atoms with Crippen LogP contribution in [-0.4, -0.2) is 111 Å². The third kappa shape index (κ3) is 23.7. The molecule has 0 saturated heterocycles. The van der Waals surface area contributed by atoms with Crippen molar-refractivity contribution in [3.63, 3.8) is 0 Å². The van der Waals surface area contributed by atoms with E-state index in [1.807, 2.05) is 28.2 Å². The maximum Gasteiger partial charge on any atom is 0.280 e. The number of amides is 2. The normalized spacial score (nSPS) is 13.4. The highest BCUT2D eigenvalue weighted by Gasteiger charge is 2.34. The summed E-state index contributed by atoms with van der Waals surface area (Å²) in [6.45, 7) is 7.13. The molecule has 0 rings (SSSR count). The zero-order valence-corrected chi connectivity index (χ0v) is 32.3.